The molecule has 1 aromatic carbocycles. The van der Waals surface area contributed by atoms with E-state index in [0.29, 0.717) is 18.4 Å². The fourth-order valence-electron chi connectivity index (χ4n) is 1.74. The van der Waals surface area contributed by atoms with E-state index in [9.17, 15) is 4.39 Å². The summed E-state index contributed by atoms with van der Waals surface area (Å²) in [6.07, 6.45) is 4.89. The fraction of sp³-hybridized carbons (Fsp3) is 0.0769. The topological polar surface area (TPSA) is 94.5 Å². The second kappa shape index (κ2) is 5.53. The lowest BCUT2D eigenvalue weighted by atomic mass is 10.2. The zero-order valence-corrected chi connectivity index (χ0v) is 10.9. The van der Waals surface area contributed by atoms with Crippen LogP contribution in [0.5, 0.6) is 0 Å². The SMILES string of the molecule is Nc1nc(NCc2ccc(F)cc2)nc(-n2ccnc2)n1. The van der Waals surface area contributed by atoms with Gasteiger partial charge < -0.3 is 11.1 Å². The summed E-state index contributed by atoms with van der Waals surface area (Å²) < 4.78 is 14.5. The van der Waals surface area contributed by atoms with Gasteiger partial charge in [0.1, 0.15) is 12.1 Å². The number of anilines is 2. The highest BCUT2D eigenvalue weighted by Gasteiger charge is 2.06. The average Bonchev–Trinajstić information content (AvgIpc) is 3.00. The van der Waals surface area contributed by atoms with Crippen molar-refractivity contribution >= 4 is 11.9 Å². The molecule has 2 heterocycles. The molecule has 0 aliphatic rings. The molecule has 7 nitrogen and oxygen atoms in total. The Morgan fingerprint density at radius 1 is 1.14 bits per heavy atom. The first-order chi connectivity index (χ1) is 10.2. The maximum atomic E-state index is 12.8. The van der Waals surface area contributed by atoms with Gasteiger partial charge in [-0.15, -0.1) is 0 Å². The molecule has 3 rings (SSSR count). The summed E-state index contributed by atoms with van der Waals surface area (Å²) in [5.41, 5.74) is 6.57. The lowest BCUT2D eigenvalue weighted by Crippen LogP contribution is -2.10. The number of hydrogen-bond donors (Lipinski definition) is 2. The van der Waals surface area contributed by atoms with E-state index in [2.05, 4.69) is 25.3 Å². The summed E-state index contributed by atoms with van der Waals surface area (Å²) in [6.45, 7) is 0.451. The second-order valence-electron chi connectivity index (χ2n) is 4.27. The van der Waals surface area contributed by atoms with Crippen molar-refractivity contribution in [1.29, 1.82) is 0 Å². The van der Waals surface area contributed by atoms with Gasteiger partial charge in [-0.1, -0.05) is 12.1 Å². The Balaban J connectivity index is 1.78. The zero-order chi connectivity index (χ0) is 14.7. The number of rotatable bonds is 4. The first-order valence-electron chi connectivity index (χ1n) is 6.19. The molecule has 0 atom stereocenters. The summed E-state index contributed by atoms with van der Waals surface area (Å²) in [5, 5.41) is 3.03. The monoisotopic (exact) mass is 285 g/mol. The second-order valence-corrected chi connectivity index (χ2v) is 4.27. The van der Waals surface area contributed by atoms with Gasteiger partial charge >= 0.3 is 0 Å². The van der Waals surface area contributed by atoms with Crippen molar-refractivity contribution in [2.24, 2.45) is 0 Å². The van der Waals surface area contributed by atoms with Crippen LogP contribution in [-0.4, -0.2) is 24.5 Å². The molecular weight excluding hydrogens is 273 g/mol. The third kappa shape index (κ3) is 3.11. The van der Waals surface area contributed by atoms with Crippen LogP contribution in [0.15, 0.2) is 43.0 Å². The van der Waals surface area contributed by atoms with Crippen molar-refractivity contribution in [1.82, 2.24) is 24.5 Å². The summed E-state index contributed by atoms with van der Waals surface area (Å²) in [4.78, 5) is 16.2. The van der Waals surface area contributed by atoms with Crippen molar-refractivity contribution in [3.8, 4) is 5.95 Å². The predicted molar refractivity (Wildman–Crippen MR) is 75.1 cm³/mol. The number of nitrogens with two attached hydrogens (primary N) is 1. The predicted octanol–water partition coefficient (Wildman–Crippen LogP) is 1.39. The zero-order valence-electron chi connectivity index (χ0n) is 10.9. The van der Waals surface area contributed by atoms with Crippen LogP contribution in [0.3, 0.4) is 0 Å². The number of nitrogens with zero attached hydrogens (tertiary/aromatic N) is 5. The van der Waals surface area contributed by atoms with Gasteiger partial charge in [-0.05, 0) is 17.7 Å². The molecule has 0 bridgehead atoms. The number of aromatic nitrogens is 5. The van der Waals surface area contributed by atoms with Gasteiger partial charge in [0.05, 0.1) is 0 Å². The van der Waals surface area contributed by atoms with Crippen molar-refractivity contribution < 1.29 is 4.39 Å². The highest BCUT2D eigenvalue weighted by atomic mass is 19.1. The van der Waals surface area contributed by atoms with Crippen molar-refractivity contribution in [3.05, 3.63) is 54.4 Å². The van der Waals surface area contributed by atoms with Gasteiger partial charge in [0, 0.05) is 18.9 Å². The van der Waals surface area contributed by atoms with E-state index < -0.39 is 0 Å². The van der Waals surface area contributed by atoms with Crippen LogP contribution in [0.2, 0.25) is 0 Å². The van der Waals surface area contributed by atoms with Crippen LogP contribution in [0, 0.1) is 5.82 Å². The minimum absolute atomic E-state index is 0.107. The normalized spacial score (nSPS) is 10.5. The van der Waals surface area contributed by atoms with Crippen molar-refractivity contribution in [2.45, 2.75) is 6.54 Å². The lowest BCUT2D eigenvalue weighted by molar-refractivity contribution is 0.627. The van der Waals surface area contributed by atoms with E-state index in [-0.39, 0.29) is 11.8 Å². The molecule has 2 aromatic heterocycles. The Bertz CT molecular complexity index is 725. The van der Waals surface area contributed by atoms with Crippen LogP contribution >= 0.6 is 0 Å². The summed E-state index contributed by atoms with van der Waals surface area (Å²) in [5.74, 6) is 0.554. The third-order valence-electron chi connectivity index (χ3n) is 2.74. The molecule has 0 spiro atoms. The molecule has 3 N–H and O–H groups in total. The number of halogens is 1. The van der Waals surface area contributed by atoms with Crippen LogP contribution < -0.4 is 11.1 Å². The van der Waals surface area contributed by atoms with Gasteiger partial charge in [-0.25, -0.2) is 9.37 Å². The maximum Gasteiger partial charge on any atom is 0.241 e. The molecule has 3 aromatic rings. The van der Waals surface area contributed by atoms with E-state index >= 15 is 0 Å². The standard InChI is InChI=1S/C13H12FN7/c14-10-3-1-9(2-4-10)7-17-12-18-11(15)19-13(20-12)21-6-5-16-8-21/h1-6,8H,7H2,(H3,15,17,18,19,20). The van der Waals surface area contributed by atoms with E-state index in [0.717, 1.165) is 5.56 Å². The quantitative estimate of drug-likeness (QED) is 0.752. The van der Waals surface area contributed by atoms with Gasteiger partial charge in [0.2, 0.25) is 17.8 Å². The van der Waals surface area contributed by atoms with Gasteiger partial charge in [-0.2, -0.15) is 15.0 Å². The molecule has 21 heavy (non-hydrogen) atoms. The third-order valence-corrected chi connectivity index (χ3v) is 2.74. The molecular formula is C13H12FN7. The average molecular weight is 285 g/mol. The molecule has 0 amide bonds. The number of imidazole rings is 1. The van der Waals surface area contributed by atoms with Crippen molar-refractivity contribution in [2.75, 3.05) is 11.1 Å². The molecule has 106 valence electrons. The molecule has 0 saturated heterocycles. The molecule has 0 radical (unpaired) electrons. The van der Waals surface area contributed by atoms with E-state index in [4.69, 9.17) is 5.73 Å². The van der Waals surface area contributed by atoms with Gasteiger partial charge in [-0.3, -0.25) is 4.57 Å². The number of benzene rings is 1. The molecule has 0 aliphatic carbocycles. The van der Waals surface area contributed by atoms with E-state index in [1.165, 1.54) is 12.1 Å². The summed E-state index contributed by atoms with van der Waals surface area (Å²) >= 11 is 0. The first-order valence-corrected chi connectivity index (χ1v) is 6.19. The van der Waals surface area contributed by atoms with Crippen LogP contribution in [-0.2, 0) is 6.54 Å². The Kier molecular flexibility index (Phi) is 3.42. The summed E-state index contributed by atoms with van der Waals surface area (Å²) in [6, 6.07) is 6.17. The number of nitrogen functional groups attached to an aromatic ring is 1. The molecule has 0 fully saturated rings. The van der Waals surface area contributed by atoms with Crippen LogP contribution in [0.25, 0.3) is 5.95 Å². The van der Waals surface area contributed by atoms with Gasteiger partial charge in [0.15, 0.2) is 0 Å². The van der Waals surface area contributed by atoms with Crippen LogP contribution in [0.4, 0.5) is 16.3 Å². The van der Waals surface area contributed by atoms with Gasteiger partial charge in [0.25, 0.3) is 0 Å². The highest BCUT2D eigenvalue weighted by molar-refractivity contribution is 5.36. The van der Waals surface area contributed by atoms with E-state index in [1.54, 1.807) is 35.4 Å². The first kappa shape index (κ1) is 13.0. The summed E-state index contributed by atoms with van der Waals surface area (Å²) in [7, 11) is 0. The minimum atomic E-state index is -0.273. The smallest absolute Gasteiger partial charge is 0.241 e. The molecule has 0 unspecified atom stereocenters. The number of nitrogens with one attached hydrogen (secondary N) is 1. The molecule has 8 heteroatoms. The van der Waals surface area contributed by atoms with Crippen molar-refractivity contribution in [3.63, 3.8) is 0 Å². The largest absolute Gasteiger partial charge is 0.368 e. The Morgan fingerprint density at radius 2 is 1.95 bits per heavy atom. The lowest BCUT2D eigenvalue weighted by Gasteiger charge is -2.07. The Labute approximate surface area is 119 Å². The highest BCUT2D eigenvalue weighted by Crippen LogP contribution is 2.09. The number of hydrogen-bond acceptors (Lipinski definition) is 6. The minimum Gasteiger partial charge on any atom is -0.368 e. The Hall–Kier alpha value is -3.03. The van der Waals surface area contributed by atoms with Crippen LogP contribution in [0.1, 0.15) is 5.56 Å². The van der Waals surface area contributed by atoms with E-state index in [1.807, 2.05) is 0 Å². The maximum absolute atomic E-state index is 12.8. The molecule has 0 aliphatic heterocycles. The fourth-order valence-corrected chi connectivity index (χ4v) is 1.74. The molecule has 0 saturated carbocycles. The Morgan fingerprint density at radius 3 is 2.67 bits per heavy atom.